The molecule has 0 aliphatic rings. The number of hydrogen-bond acceptors (Lipinski definition) is 1. The topological polar surface area (TPSA) is 43.1 Å². The van der Waals surface area contributed by atoms with Crippen molar-refractivity contribution in [2.75, 3.05) is 5.33 Å². The van der Waals surface area contributed by atoms with Gasteiger partial charge in [-0.25, -0.2) is 0 Å². The third-order valence-corrected chi connectivity index (χ3v) is 3.82. The molecule has 2 rings (SSSR count). The molecule has 3 heteroatoms. The second-order valence-electron chi connectivity index (χ2n) is 4.44. The van der Waals surface area contributed by atoms with Crippen LogP contribution in [0.3, 0.4) is 0 Å². The van der Waals surface area contributed by atoms with Crippen LogP contribution in [0.5, 0.6) is 0 Å². The number of primary amides is 1. The van der Waals surface area contributed by atoms with E-state index in [1.165, 1.54) is 0 Å². The Bertz CT molecular complexity index is 500. The van der Waals surface area contributed by atoms with Gasteiger partial charge in [-0.3, -0.25) is 4.79 Å². The Morgan fingerprint density at radius 2 is 1.37 bits per heavy atom. The van der Waals surface area contributed by atoms with Crippen LogP contribution in [0.1, 0.15) is 17.5 Å². The summed E-state index contributed by atoms with van der Waals surface area (Å²) in [6.45, 7) is 0. The van der Waals surface area contributed by atoms with Crippen molar-refractivity contribution in [3.8, 4) is 0 Å². The lowest BCUT2D eigenvalue weighted by Gasteiger charge is -2.31. The number of halogens is 1. The molecule has 0 aliphatic carbocycles. The first-order valence-electron chi connectivity index (χ1n) is 6.18. The Balaban J connectivity index is 2.65. The van der Waals surface area contributed by atoms with Gasteiger partial charge in [-0.15, -0.1) is 0 Å². The molecule has 2 N–H and O–H groups in total. The normalized spacial score (nSPS) is 11.2. The van der Waals surface area contributed by atoms with Crippen LogP contribution in [0.4, 0.5) is 0 Å². The van der Waals surface area contributed by atoms with Crippen molar-refractivity contribution in [3.05, 3.63) is 71.8 Å². The van der Waals surface area contributed by atoms with Crippen molar-refractivity contribution in [1.82, 2.24) is 0 Å². The minimum atomic E-state index is -0.772. The van der Waals surface area contributed by atoms with Crippen molar-refractivity contribution >= 4 is 21.8 Å². The van der Waals surface area contributed by atoms with Gasteiger partial charge in [0.2, 0.25) is 5.91 Å². The van der Waals surface area contributed by atoms with E-state index in [1.807, 2.05) is 60.7 Å². The molecule has 2 aromatic carbocycles. The van der Waals surface area contributed by atoms with Crippen LogP contribution in [0.25, 0.3) is 0 Å². The molecule has 0 fully saturated rings. The molecule has 1 amide bonds. The van der Waals surface area contributed by atoms with Crippen LogP contribution in [0.15, 0.2) is 60.7 Å². The number of benzene rings is 2. The summed E-state index contributed by atoms with van der Waals surface area (Å²) in [4.78, 5) is 12.2. The van der Waals surface area contributed by atoms with Crippen LogP contribution in [-0.4, -0.2) is 11.2 Å². The van der Waals surface area contributed by atoms with Gasteiger partial charge in [0.05, 0.1) is 5.41 Å². The summed E-state index contributed by atoms with van der Waals surface area (Å²) in [5.41, 5.74) is 6.87. The van der Waals surface area contributed by atoms with E-state index in [4.69, 9.17) is 5.73 Å². The molecular formula is C16H16BrNO. The Kier molecular flexibility index (Phi) is 4.38. The van der Waals surface area contributed by atoms with E-state index >= 15 is 0 Å². The third-order valence-electron chi connectivity index (χ3n) is 3.42. The van der Waals surface area contributed by atoms with E-state index in [9.17, 15) is 4.79 Å². The van der Waals surface area contributed by atoms with Crippen LogP contribution in [0.2, 0.25) is 0 Å². The predicted molar refractivity (Wildman–Crippen MR) is 81.3 cm³/mol. The molecular weight excluding hydrogens is 302 g/mol. The van der Waals surface area contributed by atoms with Gasteiger partial charge in [-0.1, -0.05) is 76.6 Å². The molecule has 0 radical (unpaired) electrons. The number of amides is 1. The molecule has 2 aromatic rings. The Hall–Kier alpha value is -1.61. The first kappa shape index (κ1) is 13.8. The number of nitrogens with two attached hydrogens (primary N) is 1. The summed E-state index contributed by atoms with van der Waals surface area (Å²) < 4.78 is 0. The van der Waals surface area contributed by atoms with Gasteiger partial charge < -0.3 is 5.73 Å². The summed E-state index contributed by atoms with van der Waals surface area (Å²) in [7, 11) is 0. The summed E-state index contributed by atoms with van der Waals surface area (Å²) in [5, 5.41) is 0.708. The standard InChI is InChI=1S/C16H16BrNO/c17-12-11-16(15(18)19,13-7-3-1-4-8-13)14-9-5-2-6-10-14/h1-10H,11-12H2,(H2,18,19). The van der Waals surface area contributed by atoms with Gasteiger partial charge in [0.1, 0.15) is 0 Å². The maximum Gasteiger partial charge on any atom is 0.232 e. The fourth-order valence-corrected chi connectivity index (χ4v) is 3.04. The average molecular weight is 318 g/mol. The molecule has 2 nitrogen and oxygen atoms in total. The highest BCUT2D eigenvalue weighted by molar-refractivity contribution is 9.09. The Morgan fingerprint density at radius 1 is 0.947 bits per heavy atom. The highest BCUT2D eigenvalue weighted by Crippen LogP contribution is 2.36. The number of rotatable bonds is 5. The van der Waals surface area contributed by atoms with Gasteiger partial charge >= 0.3 is 0 Å². The lowest BCUT2D eigenvalue weighted by molar-refractivity contribution is -0.122. The third kappa shape index (κ3) is 2.56. The quantitative estimate of drug-likeness (QED) is 0.845. The summed E-state index contributed by atoms with van der Waals surface area (Å²) in [5.74, 6) is -0.315. The highest BCUT2D eigenvalue weighted by atomic mass is 79.9. The fraction of sp³-hybridized carbons (Fsp3) is 0.188. The molecule has 0 bridgehead atoms. The summed E-state index contributed by atoms with van der Waals surface area (Å²) in [6.07, 6.45) is 0.635. The highest BCUT2D eigenvalue weighted by Gasteiger charge is 2.39. The first-order valence-corrected chi connectivity index (χ1v) is 7.31. The number of hydrogen-bond donors (Lipinski definition) is 1. The zero-order valence-electron chi connectivity index (χ0n) is 10.6. The van der Waals surface area contributed by atoms with Gasteiger partial charge in [0.15, 0.2) is 0 Å². The molecule has 0 heterocycles. The van der Waals surface area contributed by atoms with E-state index in [2.05, 4.69) is 15.9 Å². The average Bonchev–Trinajstić information content (AvgIpc) is 2.46. The molecule has 0 saturated carbocycles. The summed E-state index contributed by atoms with van der Waals surface area (Å²) >= 11 is 3.44. The second-order valence-corrected chi connectivity index (χ2v) is 5.23. The zero-order chi connectivity index (χ0) is 13.7. The van der Waals surface area contributed by atoms with Crippen molar-refractivity contribution < 1.29 is 4.79 Å². The van der Waals surface area contributed by atoms with Gasteiger partial charge in [-0.05, 0) is 17.5 Å². The van der Waals surface area contributed by atoms with Gasteiger partial charge in [0.25, 0.3) is 0 Å². The molecule has 0 saturated heterocycles. The van der Waals surface area contributed by atoms with Crippen molar-refractivity contribution in [3.63, 3.8) is 0 Å². The molecule has 19 heavy (non-hydrogen) atoms. The lowest BCUT2D eigenvalue weighted by atomic mass is 9.72. The van der Waals surface area contributed by atoms with Crippen LogP contribution in [0, 0.1) is 0 Å². The molecule has 98 valence electrons. The van der Waals surface area contributed by atoms with E-state index < -0.39 is 5.41 Å². The number of alkyl halides is 1. The molecule has 0 spiro atoms. The van der Waals surface area contributed by atoms with Crippen LogP contribution < -0.4 is 5.73 Å². The van der Waals surface area contributed by atoms with Crippen molar-refractivity contribution in [2.24, 2.45) is 5.73 Å². The summed E-state index contributed by atoms with van der Waals surface area (Å²) in [6, 6.07) is 19.5. The fourth-order valence-electron chi connectivity index (χ4n) is 2.45. The zero-order valence-corrected chi connectivity index (χ0v) is 12.1. The van der Waals surface area contributed by atoms with Crippen molar-refractivity contribution in [1.29, 1.82) is 0 Å². The maximum absolute atomic E-state index is 12.2. The molecule has 0 unspecified atom stereocenters. The second kappa shape index (κ2) is 6.02. The van der Waals surface area contributed by atoms with Gasteiger partial charge in [-0.2, -0.15) is 0 Å². The van der Waals surface area contributed by atoms with Crippen LogP contribution >= 0.6 is 15.9 Å². The van der Waals surface area contributed by atoms with E-state index in [0.717, 1.165) is 11.1 Å². The first-order chi connectivity index (χ1) is 9.21. The van der Waals surface area contributed by atoms with E-state index in [-0.39, 0.29) is 5.91 Å². The lowest BCUT2D eigenvalue weighted by Crippen LogP contribution is -2.42. The Morgan fingerprint density at radius 3 is 1.68 bits per heavy atom. The van der Waals surface area contributed by atoms with E-state index in [0.29, 0.717) is 11.8 Å². The molecule has 0 aliphatic heterocycles. The molecule has 0 atom stereocenters. The Labute approximate surface area is 121 Å². The number of carbonyl (C=O) groups is 1. The van der Waals surface area contributed by atoms with Crippen LogP contribution in [-0.2, 0) is 10.2 Å². The van der Waals surface area contributed by atoms with Gasteiger partial charge in [0, 0.05) is 5.33 Å². The molecule has 0 aromatic heterocycles. The minimum Gasteiger partial charge on any atom is -0.369 e. The maximum atomic E-state index is 12.2. The largest absolute Gasteiger partial charge is 0.369 e. The minimum absolute atomic E-state index is 0.315. The predicted octanol–water partition coefficient (Wildman–Crippen LogP) is 3.24. The van der Waals surface area contributed by atoms with E-state index in [1.54, 1.807) is 0 Å². The monoisotopic (exact) mass is 317 g/mol. The van der Waals surface area contributed by atoms with Crippen molar-refractivity contribution in [2.45, 2.75) is 11.8 Å². The smallest absolute Gasteiger partial charge is 0.232 e. The number of carbonyl (C=O) groups excluding carboxylic acids is 1. The SMILES string of the molecule is NC(=O)C(CCBr)(c1ccccc1)c1ccccc1.